The third-order valence-electron chi connectivity index (χ3n) is 5.35. The number of para-hydroxylation sites is 1. The molecule has 1 aliphatic heterocycles. The third-order valence-corrected chi connectivity index (χ3v) is 5.35. The van der Waals surface area contributed by atoms with Gasteiger partial charge in [0.25, 0.3) is 5.91 Å². The SMILES string of the molecule is COCc1c(C(=O)NC[C@@H](c2ccco2)N2CCCCC2)oc2ccccc12. The minimum atomic E-state index is -0.225. The first-order valence-corrected chi connectivity index (χ1v) is 9.83. The van der Waals surface area contributed by atoms with Crippen LogP contribution in [0.25, 0.3) is 11.0 Å². The summed E-state index contributed by atoms with van der Waals surface area (Å²) >= 11 is 0. The van der Waals surface area contributed by atoms with E-state index in [1.54, 1.807) is 13.4 Å². The van der Waals surface area contributed by atoms with Crippen LogP contribution in [0.5, 0.6) is 0 Å². The van der Waals surface area contributed by atoms with Gasteiger partial charge in [0.15, 0.2) is 5.76 Å². The Hall–Kier alpha value is -2.57. The summed E-state index contributed by atoms with van der Waals surface area (Å²) in [5.74, 6) is 0.973. The molecule has 0 aliphatic carbocycles. The zero-order valence-corrected chi connectivity index (χ0v) is 16.1. The van der Waals surface area contributed by atoms with Gasteiger partial charge in [-0.1, -0.05) is 24.6 Å². The highest BCUT2D eigenvalue weighted by Gasteiger charge is 2.27. The maximum Gasteiger partial charge on any atom is 0.287 e. The zero-order valence-electron chi connectivity index (χ0n) is 16.1. The van der Waals surface area contributed by atoms with Crippen LogP contribution in [0.4, 0.5) is 0 Å². The topological polar surface area (TPSA) is 67.8 Å². The van der Waals surface area contributed by atoms with E-state index in [9.17, 15) is 4.79 Å². The first kappa shape index (κ1) is 18.8. The van der Waals surface area contributed by atoms with E-state index < -0.39 is 0 Å². The normalized spacial score (nSPS) is 16.3. The maximum atomic E-state index is 13.0. The molecule has 0 unspecified atom stereocenters. The molecule has 0 radical (unpaired) electrons. The quantitative estimate of drug-likeness (QED) is 0.665. The van der Waals surface area contributed by atoms with Gasteiger partial charge in [0.2, 0.25) is 0 Å². The first-order valence-electron chi connectivity index (χ1n) is 9.83. The number of ether oxygens (including phenoxy) is 1. The molecule has 148 valence electrons. The average Bonchev–Trinajstić information content (AvgIpc) is 3.38. The van der Waals surface area contributed by atoms with Crippen LogP contribution in [0.3, 0.4) is 0 Å². The van der Waals surface area contributed by atoms with Crippen molar-refractivity contribution in [2.75, 3.05) is 26.7 Å². The predicted octanol–water partition coefficient (Wildman–Crippen LogP) is 4.13. The van der Waals surface area contributed by atoms with Crippen molar-refractivity contribution in [1.82, 2.24) is 10.2 Å². The van der Waals surface area contributed by atoms with Crippen molar-refractivity contribution in [2.24, 2.45) is 0 Å². The van der Waals surface area contributed by atoms with E-state index >= 15 is 0 Å². The summed E-state index contributed by atoms with van der Waals surface area (Å²) < 4.78 is 16.8. The van der Waals surface area contributed by atoms with E-state index in [0.717, 1.165) is 29.8 Å². The molecule has 2 aromatic heterocycles. The molecule has 4 rings (SSSR count). The lowest BCUT2D eigenvalue weighted by Gasteiger charge is -2.33. The van der Waals surface area contributed by atoms with Crippen LogP contribution in [0.2, 0.25) is 0 Å². The highest BCUT2D eigenvalue weighted by Crippen LogP contribution is 2.28. The summed E-state index contributed by atoms with van der Waals surface area (Å²) in [6.07, 6.45) is 5.29. The van der Waals surface area contributed by atoms with E-state index in [0.29, 0.717) is 24.5 Å². The summed E-state index contributed by atoms with van der Waals surface area (Å²) in [6.45, 7) is 2.82. The summed E-state index contributed by atoms with van der Waals surface area (Å²) in [4.78, 5) is 15.3. The molecule has 28 heavy (non-hydrogen) atoms. The molecule has 6 nitrogen and oxygen atoms in total. The van der Waals surface area contributed by atoms with Gasteiger partial charge in [-0.15, -0.1) is 0 Å². The number of amides is 1. The summed E-state index contributed by atoms with van der Waals surface area (Å²) in [7, 11) is 1.62. The number of piperidine rings is 1. The minimum Gasteiger partial charge on any atom is -0.468 e. The number of methoxy groups -OCH3 is 1. The summed E-state index contributed by atoms with van der Waals surface area (Å²) in [5, 5.41) is 3.96. The smallest absolute Gasteiger partial charge is 0.287 e. The number of carbonyl (C=O) groups is 1. The van der Waals surface area contributed by atoms with Crippen molar-refractivity contribution >= 4 is 16.9 Å². The highest BCUT2D eigenvalue weighted by molar-refractivity contribution is 5.99. The van der Waals surface area contributed by atoms with Crippen molar-refractivity contribution in [3.63, 3.8) is 0 Å². The van der Waals surface area contributed by atoms with Gasteiger partial charge in [-0.2, -0.15) is 0 Å². The van der Waals surface area contributed by atoms with Crippen molar-refractivity contribution < 1.29 is 18.4 Å². The van der Waals surface area contributed by atoms with Gasteiger partial charge in [0, 0.05) is 24.6 Å². The van der Waals surface area contributed by atoms with Crippen LogP contribution >= 0.6 is 0 Å². The molecule has 1 saturated heterocycles. The van der Waals surface area contributed by atoms with E-state index in [2.05, 4.69) is 10.2 Å². The van der Waals surface area contributed by atoms with E-state index in [4.69, 9.17) is 13.6 Å². The van der Waals surface area contributed by atoms with Crippen LogP contribution in [-0.2, 0) is 11.3 Å². The van der Waals surface area contributed by atoms with Gasteiger partial charge in [-0.25, -0.2) is 0 Å². The number of likely N-dealkylation sites (tertiary alicyclic amines) is 1. The second kappa shape index (κ2) is 8.63. The predicted molar refractivity (Wildman–Crippen MR) is 106 cm³/mol. The third kappa shape index (κ3) is 3.84. The molecule has 1 N–H and O–H groups in total. The Kier molecular flexibility index (Phi) is 5.78. The molecule has 1 atom stereocenters. The Labute approximate surface area is 164 Å². The van der Waals surface area contributed by atoms with Crippen LogP contribution in [0.1, 0.15) is 47.2 Å². The molecular weight excluding hydrogens is 356 g/mol. The Balaban J connectivity index is 1.54. The molecule has 1 aromatic carbocycles. The van der Waals surface area contributed by atoms with Crippen molar-refractivity contribution in [2.45, 2.75) is 31.9 Å². The Morgan fingerprint density at radius 1 is 1.18 bits per heavy atom. The zero-order chi connectivity index (χ0) is 19.3. The molecule has 6 heteroatoms. The number of benzene rings is 1. The van der Waals surface area contributed by atoms with Gasteiger partial charge in [0.05, 0.1) is 18.9 Å². The molecular formula is C22H26N2O4. The monoisotopic (exact) mass is 382 g/mol. The number of furan rings is 2. The van der Waals surface area contributed by atoms with Crippen LogP contribution in [0, 0.1) is 0 Å². The van der Waals surface area contributed by atoms with Gasteiger partial charge in [-0.3, -0.25) is 9.69 Å². The fraction of sp³-hybridized carbons (Fsp3) is 0.409. The molecule has 1 fully saturated rings. The van der Waals surface area contributed by atoms with Crippen molar-refractivity contribution in [3.8, 4) is 0 Å². The van der Waals surface area contributed by atoms with Gasteiger partial charge in [-0.05, 0) is 44.1 Å². The maximum absolute atomic E-state index is 13.0. The Morgan fingerprint density at radius 3 is 2.75 bits per heavy atom. The molecule has 1 amide bonds. The van der Waals surface area contributed by atoms with Crippen molar-refractivity contribution in [1.29, 1.82) is 0 Å². The molecule has 0 saturated carbocycles. The Bertz CT molecular complexity index is 910. The molecule has 0 spiro atoms. The molecule has 3 heterocycles. The fourth-order valence-electron chi connectivity index (χ4n) is 3.96. The fourth-order valence-corrected chi connectivity index (χ4v) is 3.96. The summed E-state index contributed by atoms with van der Waals surface area (Å²) in [6, 6.07) is 11.5. The lowest BCUT2D eigenvalue weighted by atomic mass is 10.1. The van der Waals surface area contributed by atoms with E-state index in [1.807, 2.05) is 36.4 Å². The second-order valence-electron chi connectivity index (χ2n) is 7.18. The van der Waals surface area contributed by atoms with E-state index in [1.165, 1.54) is 19.3 Å². The second-order valence-corrected chi connectivity index (χ2v) is 7.18. The number of rotatable bonds is 7. The average molecular weight is 382 g/mol. The number of hydrogen-bond acceptors (Lipinski definition) is 5. The molecule has 0 bridgehead atoms. The Morgan fingerprint density at radius 2 is 2.00 bits per heavy atom. The molecule has 1 aliphatic rings. The van der Waals surface area contributed by atoms with Crippen molar-refractivity contribution in [3.05, 3.63) is 59.7 Å². The number of fused-ring (bicyclic) bond motifs is 1. The lowest BCUT2D eigenvalue weighted by Crippen LogP contribution is -2.40. The number of carbonyl (C=O) groups excluding carboxylic acids is 1. The standard InChI is InChI=1S/C22H26N2O4/c1-26-15-17-16-8-3-4-9-19(16)28-21(17)22(25)23-14-18(20-10-7-13-27-20)24-11-5-2-6-12-24/h3-4,7-10,13,18H,2,5-6,11-12,14-15H2,1H3,(H,23,25)/t18-/m0/s1. The lowest BCUT2D eigenvalue weighted by molar-refractivity contribution is 0.0883. The van der Waals surface area contributed by atoms with Gasteiger partial charge >= 0.3 is 0 Å². The summed E-state index contributed by atoms with van der Waals surface area (Å²) in [5.41, 5.74) is 1.47. The highest BCUT2D eigenvalue weighted by atomic mass is 16.5. The number of nitrogens with zero attached hydrogens (tertiary/aromatic N) is 1. The van der Waals surface area contributed by atoms with Crippen LogP contribution in [0.15, 0.2) is 51.5 Å². The number of nitrogens with one attached hydrogen (secondary N) is 1. The minimum absolute atomic E-state index is 0.0227. The number of hydrogen-bond donors (Lipinski definition) is 1. The van der Waals surface area contributed by atoms with Crippen LogP contribution < -0.4 is 5.32 Å². The van der Waals surface area contributed by atoms with Crippen LogP contribution in [-0.4, -0.2) is 37.6 Å². The largest absolute Gasteiger partial charge is 0.468 e. The first-order chi connectivity index (χ1) is 13.8. The van der Waals surface area contributed by atoms with E-state index in [-0.39, 0.29) is 11.9 Å². The van der Waals surface area contributed by atoms with Gasteiger partial charge < -0.3 is 18.9 Å². The van der Waals surface area contributed by atoms with Gasteiger partial charge in [0.1, 0.15) is 11.3 Å². The molecule has 3 aromatic rings.